The molecule has 2 aromatic carbocycles. The van der Waals surface area contributed by atoms with Crippen LogP contribution in [0.3, 0.4) is 0 Å². The molecule has 0 bridgehead atoms. The highest BCUT2D eigenvalue weighted by molar-refractivity contribution is 9.10. The van der Waals surface area contributed by atoms with E-state index in [0.29, 0.717) is 30.5 Å². The number of aryl methyl sites for hydroxylation is 1. The van der Waals surface area contributed by atoms with Crippen molar-refractivity contribution >= 4 is 56.1 Å². The number of oxazole rings is 1. The topological polar surface area (TPSA) is 117 Å². The molecule has 3 atom stereocenters. The van der Waals surface area contributed by atoms with Gasteiger partial charge in [-0.1, -0.05) is 61.0 Å². The molecule has 1 aliphatic heterocycles. The van der Waals surface area contributed by atoms with Gasteiger partial charge in [0.25, 0.3) is 5.89 Å². The van der Waals surface area contributed by atoms with E-state index in [0.717, 1.165) is 26.2 Å². The lowest BCUT2D eigenvalue weighted by molar-refractivity contribution is -0.142. The lowest BCUT2D eigenvalue weighted by Crippen LogP contribution is -2.57. The standard InChI is InChI=1S/C31H34BrN5O4S/c1-17(19-8-10-20(11-9-19)25-18(2)33-16-42-25)34-27(38)23-7-6-14-37(23)30(40)26(31(3,4)5)36-28(39)29-35-22-13-12-21(32)15-24(22)41-29/h8-13,15-17,23,26H,6-7,14H2,1-5H3,(H,34,38)(H,36,39). The van der Waals surface area contributed by atoms with Crippen molar-refractivity contribution < 1.29 is 18.8 Å². The molecular formula is C31H34BrN5O4S. The van der Waals surface area contributed by atoms with Crippen LogP contribution in [0, 0.1) is 12.3 Å². The molecule has 2 aromatic heterocycles. The van der Waals surface area contributed by atoms with Crippen molar-refractivity contribution in [2.75, 3.05) is 6.54 Å². The fraction of sp³-hybridized carbons (Fsp3) is 0.387. The van der Waals surface area contributed by atoms with Crippen molar-refractivity contribution in [2.45, 2.75) is 65.6 Å². The van der Waals surface area contributed by atoms with Crippen molar-refractivity contribution in [3.8, 4) is 10.4 Å². The number of hydrogen-bond donors (Lipinski definition) is 2. The summed E-state index contributed by atoms with van der Waals surface area (Å²) < 4.78 is 6.47. The molecule has 3 amide bonds. The molecule has 2 N–H and O–H groups in total. The third kappa shape index (κ3) is 6.27. The number of aromatic nitrogens is 2. The molecule has 4 aromatic rings. The summed E-state index contributed by atoms with van der Waals surface area (Å²) in [7, 11) is 0. The van der Waals surface area contributed by atoms with Gasteiger partial charge in [-0.05, 0) is 61.4 Å². The second kappa shape index (κ2) is 12.0. The maximum atomic E-state index is 13.9. The number of thiazole rings is 1. The Morgan fingerprint density at radius 2 is 1.86 bits per heavy atom. The number of rotatable bonds is 7. The van der Waals surface area contributed by atoms with Gasteiger partial charge in [-0.15, -0.1) is 11.3 Å². The van der Waals surface area contributed by atoms with Crippen LogP contribution in [0.25, 0.3) is 21.5 Å². The Labute approximate surface area is 257 Å². The van der Waals surface area contributed by atoms with Crippen LogP contribution in [0.4, 0.5) is 0 Å². The minimum atomic E-state index is -0.889. The molecule has 0 radical (unpaired) electrons. The number of carbonyl (C=O) groups is 3. The predicted molar refractivity (Wildman–Crippen MR) is 166 cm³/mol. The van der Waals surface area contributed by atoms with E-state index in [9.17, 15) is 14.4 Å². The Morgan fingerprint density at radius 3 is 2.52 bits per heavy atom. The minimum absolute atomic E-state index is 0.119. The Kier molecular flexibility index (Phi) is 8.52. The van der Waals surface area contributed by atoms with E-state index >= 15 is 0 Å². The number of likely N-dealkylation sites (tertiary alicyclic amines) is 1. The molecule has 220 valence electrons. The van der Waals surface area contributed by atoms with E-state index in [1.807, 2.05) is 70.5 Å². The third-order valence-electron chi connectivity index (χ3n) is 7.55. The van der Waals surface area contributed by atoms with E-state index in [4.69, 9.17) is 4.42 Å². The average molecular weight is 653 g/mol. The van der Waals surface area contributed by atoms with E-state index < -0.39 is 23.4 Å². The number of hydrogen-bond acceptors (Lipinski definition) is 7. The zero-order valence-corrected chi connectivity index (χ0v) is 26.6. The van der Waals surface area contributed by atoms with Crippen LogP contribution in [0.15, 0.2) is 56.9 Å². The summed E-state index contributed by atoms with van der Waals surface area (Å²) in [6.45, 7) is 10.00. The number of fused-ring (bicyclic) bond motifs is 1. The van der Waals surface area contributed by atoms with E-state index in [1.165, 1.54) is 0 Å². The highest BCUT2D eigenvalue weighted by Gasteiger charge is 2.42. The summed E-state index contributed by atoms with van der Waals surface area (Å²) in [4.78, 5) is 51.9. The summed E-state index contributed by atoms with van der Waals surface area (Å²) in [5.41, 5.74) is 5.26. The predicted octanol–water partition coefficient (Wildman–Crippen LogP) is 6.04. The maximum absolute atomic E-state index is 13.9. The quantitative estimate of drug-likeness (QED) is 0.252. The molecule has 3 heterocycles. The molecule has 1 saturated heterocycles. The molecule has 1 aliphatic rings. The van der Waals surface area contributed by atoms with Crippen LogP contribution in [-0.4, -0.2) is 51.2 Å². The zero-order chi connectivity index (χ0) is 30.2. The molecule has 0 spiro atoms. The number of benzene rings is 2. The maximum Gasteiger partial charge on any atom is 0.307 e. The first-order valence-corrected chi connectivity index (χ1v) is 15.6. The van der Waals surface area contributed by atoms with Crippen LogP contribution in [-0.2, 0) is 9.59 Å². The molecule has 42 heavy (non-hydrogen) atoms. The van der Waals surface area contributed by atoms with Gasteiger partial charge in [0.1, 0.15) is 17.6 Å². The largest absolute Gasteiger partial charge is 0.432 e. The molecule has 5 rings (SSSR count). The summed E-state index contributed by atoms with van der Waals surface area (Å²) in [5, 5.41) is 5.93. The van der Waals surface area contributed by atoms with Gasteiger partial charge in [-0.25, -0.2) is 9.97 Å². The smallest absolute Gasteiger partial charge is 0.307 e. The summed E-state index contributed by atoms with van der Waals surface area (Å²) >= 11 is 4.99. The summed E-state index contributed by atoms with van der Waals surface area (Å²) in [6.07, 6.45) is 1.25. The van der Waals surface area contributed by atoms with Gasteiger partial charge in [0, 0.05) is 11.0 Å². The van der Waals surface area contributed by atoms with Gasteiger partial charge in [-0.3, -0.25) is 14.4 Å². The minimum Gasteiger partial charge on any atom is -0.432 e. The lowest BCUT2D eigenvalue weighted by atomic mass is 9.85. The van der Waals surface area contributed by atoms with Crippen molar-refractivity contribution in [1.29, 1.82) is 0 Å². The van der Waals surface area contributed by atoms with Gasteiger partial charge in [-0.2, -0.15) is 0 Å². The van der Waals surface area contributed by atoms with E-state index in [-0.39, 0.29) is 23.7 Å². The first-order chi connectivity index (χ1) is 19.9. The number of halogens is 1. The second-order valence-electron chi connectivity index (χ2n) is 11.7. The Morgan fingerprint density at radius 1 is 1.12 bits per heavy atom. The monoisotopic (exact) mass is 651 g/mol. The second-order valence-corrected chi connectivity index (χ2v) is 13.5. The molecule has 1 fully saturated rings. The van der Waals surface area contributed by atoms with E-state index in [2.05, 4.69) is 36.5 Å². The first-order valence-electron chi connectivity index (χ1n) is 13.9. The van der Waals surface area contributed by atoms with Crippen molar-refractivity contribution in [1.82, 2.24) is 25.5 Å². The van der Waals surface area contributed by atoms with Gasteiger partial charge >= 0.3 is 5.91 Å². The number of nitrogens with one attached hydrogen (secondary N) is 2. The Balaban J connectivity index is 1.27. The summed E-state index contributed by atoms with van der Waals surface area (Å²) in [5.74, 6) is -1.21. The SMILES string of the molecule is Cc1ncsc1-c1ccc(C(C)NC(=O)C2CCCN2C(=O)C(NC(=O)c2nc3ccc(Br)cc3o2)C(C)(C)C)cc1. The zero-order valence-electron chi connectivity index (χ0n) is 24.2. The average Bonchev–Trinajstić information content (AvgIpc) is 3.70. The van der Waals surface area contributed by atoms with Gasteiger partial charge in [0.15, 0.2) is 5.58 Å². The highest BCUT2D eigenvalue weighted by atomic mass is 79.9. The number of carbonyl (C=O) groups excluding carboxylic acids is 3. The molecule has 11 heteroatoms. The van der Waals surface area contributed by atoms with Crippen LogP contribution in [0.2, 0.25) is 0 Å². The fourth-order valence-electron chi connectivity index (χ4n) is 5.20. The van der Waals surface area contributed by atoms with Gasteiger partial charge in [0.2, 0.25) is 11.8 Å². The molecule has 3 unspecified atom stereocenters. The molecular weight excluding hydrogens is 618 g/mol. The van der Waals surface area contributed by atoms with Crippen molar-refractivity contribution in [3.05, 3.63) is 69.6 Å². The molecule has 0 aliphatic carbocycles. The van der Waals surface area contributed by atoms with Crippen LogP contribution in [0.1, 0.15) is 68.5 Å². The Hall–Kier alpha value is -3.57. The highest BCUT2D eigenvalue weighted by Crippen LogP contribution is 2.30. The fourth-order valence-corrected chi connectivity index (χ4v) is 6.35. The Bertz CT molecular complexity index is 1620. The summed E-state index contributed by atoms with van der Waals surface area (Å²) in [6, 6.07) is 11.6. The lowest BCUT2D eigenvalue weighted by Gasteiger charge is -2.35. The number of amides is 3. The van der Waals surface area contributed by atoms with Crippen molar-refractivity contribution in [2.24, 2.45) is 5.41 Å². The van der Waals surface area contributed by atoms with E-state index in [1.54, 1.807) is 28.4 Å². The van der Waals surface area contributed by atoms with Crippen LogP contribution < -0.4 is 10.6 Å². The van der Waals surface area contributed by atoms with Gasteiger partial charge < -0.3 is 20.0 Å². The molecule has 0 saturated carbocycles. The van der Waals surface area contributed by atoms with Gasteiger partial charge in [0.05, 0.1) is 22.1 Å². The third-order valence-corrected chi connectivity index (χ3v) is 9.02. The number of nitrogens with zero attached hydrogens (tertiary/aromatic N) is 3. The molecule has 9 nitrogen and oxygen atoms in total. The first kappa shape index (κ1) is 29.9. The van der Waals surface area contributed by atoms with Crippen LogP contribution >= 0.6 is 27.3 Å². The normalized spacial score (nSPS) is 16.8. The van der Waals surface area contributed by atoms with Crippen LogP contribution in [0.5, 0.6) is 0 Å². The van der Waals surface area contributed by atoms with Crippen molar-refractivity contribution in [3.63, 3.8) is 0 Å².